The smallest absolute Gasteiger partial charge is 0.215 e. The molecule has 2 heterocycles. The van der Waals surface area contributed by atoms with Crippen molar-refractivity contribution in [3.8, 4) is 17.3 Å². The van der Waals surface area contributed by atoms with Gasteiger partial charge in [0.15, 0.2) is 3.95 Å². The molecule has 0 aliphatic carbocycles. The molecule has 25 heavy (non-hydrogen) atoms. The van der Waals surface area contributed by atoms with Gasteiger partial charge >= 0.3 is 0 Å². The molecule has 0 saturated heterocycles. The Balaban J connectivity index is 1.77. The van der Waals surface area contributed by atoms with Crippen LogP contribution in [0.5, 0.6) is 11.6 Å². The Morgan fingerprint density at radius 2 is 1.92 bits per heavy atom. The largest absolute Gasteiger partial charge is 0.497 e. The minimum atomic E-state index is 0.130. The molecule has 0 bridgehead atoms. The van der Waals surface area contributed by atoms with E-state index in [9.17, 15) is 5.11 Å². The first-order valence-corrected chi connectivity index (χ1v) is 8.84. The van der Waals surface area contributed by atoms with Gasteiger partial charge in [0.05, 0.1) is 23.4 Å². The van der Waals surface area contributed by atoms with Crippen LogP contribution in [0.2, 0.25) is 0 Å². The molecule has 0 saturated carbocycles. The van der Waals surface area contributed by atoms with E-state index < -0.39 is 0 Å². The third-order valence-electron chi connectivity index (χ3n) is 3.99. The number of methoxy groups -OCH3 is 1. The Labute approximate surface area is 154 Å². The summed E-state index contributed by atoms with van der Waals surface area (Å²) < 4.78 is 7.41. The van der Waals surface area contributed by atoms with Gasteiger partial charge in [-0.15, -0.1) is 11.3 Å². The van der Waals surface area contributed by atoms with Crippen molar-refractivity contribution in [2.45, 2.75) is 0 Å². The zero-order valence-electron chi connectivity index (χ0n) is 13.3. The summed E-state index contributed by atoms with van der Waals surface area (Å²) in [6.45, 7) is 0. The first-order valence-electron chi connectivity index (χ1n) is 7.62. The first-order chi connectivity index (χ1) is 12.2. The van der Waals surface area contributed by atoms with Crippen LogP contribution >= 0.6 is 23.6 Å². The second kappa shape index (κ2) is 6.31. The number of ether oxygens (including phenoxy) is 1. The number of aromatic nitrogens is 1. The molecule has 3 aromatic rings. The van der Waals surface area contributed by atoms with Crippen molar-refractivity contribution in [1.82, 2.24) is 4.57 Å². The maximum absolute atomic E-state index is 10.7. The van der Waals surface area contributed by atoms with Gasteiger partial charge in [-0.25, -0.2) is 0 Å². The molecule has 4 nitrogen and oxygen atoms in total. The maximum atomic E-state index is 10.7. The second-order valence-electron chi connectivity index (χ2n) is 5.46. The quantitative estimate of drug-likeness (QED) is 0.645. The topological polar surface area (TPSA) is 46.8 Å². The number of hydrogen-bond donors (Lipinski definition) is 1. The first kappa shape index (κ1) is 15.8. The Morgan fingerprint density at radius 1 is 1.16 bits per heavy atom. The number of hydrogen-bond acceptors (Lipinski definition) is 5. The minimum Gasteiger partial charge on any atom is -0.497 e. The van der Waals surface area contributed by atoms with Crippen molar-refractivity contribution in [2.75, 3.05) is 7.11 Å². The lowest BCUT2D eigenvalue weighted by Gasteiger charge is -2.06. The van der Waals surface area contributed by atoms with Crippen molar-refractivity contribution < 1.29 is 9.84 Å². The lowest BCUT2D eigenvalue weighted by Crippen LogP contribution is -1.93. The van der Waals surface area contributed by atoms with E-state index in [1.54, 1.807) is 11.7 Å². The minimum absolute atomic E-state index is 0.130. The van der Waals surface area contributed by atoms with E-state index in [2.05, 4.69) is 4.99 Å². The predicted octanol–water partition coefficient (Wildman–Crippen LogP) is 5.24. The molecule has 0 amide bonds. The number of fused-ring (bicyclic) bond motifs is 1. The lowest BCUT2D eigenvalue weighted by molar-refractivity contribution is 0.414. The Morgan fingerprint density at radius 3 is 2.68 bits per heavy atom. The van der Waals surface area contributed by atoms with E-state index in [0.29, 0.717) is 8.83 Å². The van der Waals surface area contributed by atoms with E-state index in [-0.39, 0.29) is 5.88 Å². The molecular formula is C19H14N2O2S2. The summed E-state index contributed by atoms with van der Waals surface area (Å²) in [5.74, 6) is 0.886. The summed E-state index contributed by atoms with van der Waals surface area (Å²) in [5.41, 5.74) is 3.75. The van der Waals surface area contributed by atoms with Crippen LogP contribution in [0, 0.1) is 3.95 Å². The fraction of sp³-hybridized carbons (Fsp3) is 0.0526. The Kier molecular flexibility index (Phi) is 3.99. The number of aromatic hydroxyl groups is 1. The second-order valence-corrected chi connectivity index (χ2v) is 7.14. The van der Waals surface area contributed by atoms with Crippen molar-refractivity contribution in [3.05, 3.63) is 62.9 Å². The molecule has 0 radical (unpaired) electrons. The monoisotopic (exact) mass is 366 g/mol. The molecule has 1 aliphatic rings. The van der Waals surface area contributed by atoms with Crippen molar-refractivity contribution in [3.63, 3.8) is 0 Å². The Hall–Kier alpha value is -2.70. The summed E-state index contributed by atoms with van der Waals surface area (Å²) in [6, 6.07) is 15.3. The molecule has 0 spiro atoms. The highest BCUT2D eigenvalue weighted by Gasteiger charge is 2.16. The van der Waals surface area contributed by atoms with E-state index in [0.717, 1.165) is 28.3 Å². The molecule has 1 aliphatic heterocycles. The number of rotatable bonds is 3. The van der Waals surface area contributed by atoms with Crippen molar-refractivity contribution in [1.29, 1.82) is 0 Å². The van der Waals surface area contributed by atoms with Gasteiger partial charge in [0.25, 0.3) is 0 Å². The van der Waals surface area contributed by atoms with E-state index >= 15 is 0 Å². The van der Waals surface area contributed by atoms with Gasteiger partial charge in [0, 0.05) is 17.4 Å². The Bertz CT molecular complexity index is 1060. The zero-order valence-corrected chi connectivity index (χ0v) is 15.0. The zero-order chi connectivity index (χ0) is 17.4. The summed E-state index contributed by atoms with van der Waals surface area (Å²) in [4.78, 5) is 5.10. The molecule has 0 atom stereocenters. The predicted molar refractivity (Wildman–Crippen MR) is 105 cm³/mol. The summed E-state index contributed by atoms with van der Waals surface area (Å²) in [5, 5.41) is 10.7. The van der Waals surface area contributed by atoms with Crippen LogP contribution < -0.4 is 4.74 Å². The fourth-order valence-corrected chi connectivity index (χ4v) is 4.03. The normalized spacial score (nSPS) is 14.0. The average Bonchev–Trinajstić information content (AvgIpc) is 3.17. The number of para-hydroxylation sites is 1. The van der Waals surface area contributed by atoms with E-state index in [1.165, 1.54) is 11.3 Å². The molecule has 1 N–H and O–H groups in total. The van der Waals surface area contributed by atoms with Crippen molar-refractivity contribution in [2.24, 2.45) is 4.99 Å². The van der Waals surface area contributed by atoms with Crippen LogP contribution in [0.1, 0.15) is 10.4 Å². The van der Waals surface area contributed by atoms with E-state index in [4.69, 9.17) is 17.0 Å². The van der Waals surface area contributed by atoms with Gasteiger partial charge in [-0.1, -0.05) is 18.2 Å². The van der Waals surface area contributed by atoms with Gasteiger partial charge < -0.3 is 9.84 Å². The highest BCUT2D eigenvalue weighted by Crippen LogP contribution is 2.36. The highest BCUT2D eigenvalue weighted by molar-refractivity contribution is 7.73. The number of aliphatic imine (C=N–C) groups is 1. The van der Waals surface area contributed by atoms with E-state index in [1.807, 2.05) is 60.8 Å². The van der Waals surface area contributed by atoms with Gasteiger partial charge in [-0.05, 0) is 48.6 Å². The van der Waals surface area contributed by atoms with Crippen LogP contribution in [0.4, 0.5) is 5.69 Å². The molecule has 2 aromatic carbocycles. The maximum Gasteiger partial charge on any atom is 0.215 e. The SMILES string of the molecule is COc1ccc(-n2c(O)c(/C=C3\C=Nc4ccccc43)sc2=S)cc1. The molecule has 0 fully saturated rings. The fourth-order valence-electron chi connectivity index (χ4n) is 2.73. The average molecular weight is 366 g/mol. The van der Waals surface area contributed by atoms with Crippen molar-refractivity contribution >= 4 is 47.1 Å². The molecule has 1 aromatic heterocycles. The number of thiazole rings is 1. The third kappa shape index (κ3) is 2.79. The van der Waals surface area contributed by atoms with Gasteiger partial charge in [0.2, 0.25) is 5.88 Å². The summed E-state index contributed by atoms with van der Waals surface area (Å²) in [7, 11) is 1.62. The number of nitrogens with zero attached hydrogens (tertiary/aromatic N) is 2. The summed E-state index contributed by atoms with van der Waals surface area (Å²) >= 11 is 6.82. The highest BCUT2D eigenvalue weighted by atomic mass is 32.1. The van der Waals surface area contributed by atoms with Gasteiger partial charge in [0.1, 0.15) is 5.75 Å². The number of benzene rings is 2. The van der Waals surface area contributed by atoms with Gasteiger partial charge in [-0.3, -0.25) is 9.56 Å². The molecule has 0 unspecified atom stereocenters. The summed E-state index contributed by atoms with van der Waals surface area (Å²) in [6.07, 6.45) is 3.73. The molecule has 124 valence electrons. The van der Waals surface area contributed by atoms with Crippen LogP contribution in [0.3, 0.4) is 0 Å². The molecular weight excluding hydrogens is 352 g/mol. The van der Waals surface area contributed by atoms with Crippen LogP contribution in [-0.4, -0.2) is 23.0 Å². The van der Waals surface area contributed by atoms with Gasteiger partial charge in [-0.2, -0.15) is 0 Å². The third-order valence-corrected chi connectivity index (χ3v) is 5.30. The standard InChI is InChI=1S/C19H14N2O2S2/c1-23-14-8-6-13(7-9-14)21-18(22)17(25-19(21)24)10-12-11-20-16-5-3-2-4-15(12)16/h2-11,22H,1H3/b12-10+. The number of allylic oxidation sites excluding steroid dienone is 1. The van der Waals surface area contributed by atoms with Crippen LogP contribution in [-0.2, 0) is 0 Å². The molecule has 4 rings (SSSR count). The van der Waals surface area contributed by atoms with Crippen LogP contribution in [0.15, 0.2) is 53.5 Å². The lowest BCUT2D eigenvalue weighted by atomic mass is 10.1. The van der Waals surface area contributed by atoms with Crippen LogP contribution in [0.25, 0.3) is 17.3 Å². The molecule has 6 heteroatoms.